The number of aromatic nitrogens is 2. The number of halogens is 1. The lowest BCUT2D eigenvalue weighted by Gasteiger charge is -2.10. The molecule has 7 heteroatoms. The summed E-state index contributed by atoms with van der Waals surface area (Å²) in [5.41, 5.74) is 4.11. The van der Waals surface area contributed by atoms with Gasteiger partial charge in [-0.25, -0.2) is 0 Å². The van der Waals surface area contributed by atoms with Gasteiger partial charge in [0.05, 0.1) is 12.3 Å². The summed E-state index contributed by atoms with van der Waals surface area (Å²) in [5.74, 6) is 0.860. The van der Waals surface area contributed by atoms with E-state index >= 15 is 0 Å². The summed E-state index contributed by atoms with van der Waals surface area (Å²) in [7, 11) is 0. The summed E-state index contributed by atoms with van der Waals surface area (Å²) < 4.78 is 10.9. The van der Waals surface area contributed by atoms with Crippen molar-refractivity contribution in [3.05, 3.63) is 64.7 Å². The quantitative estimate of drug-likeness (QED) is 0.602. The van der Waals surface area contributed by atoms with Gasteiger partial charge in [-0.3, -0.25) is 4.79 Å². The monoisotopic (exact) mass is 411 g/mol. The van der Waals surface area contributed by atoms with Crippen LogP contribution in [0, 0.1) is 13.8 Å². The Bertz CT molecular complexity index is 966. The molecule has 6 nitrogen and oxygen atoms in total. The molecule has 0 saturated heterocycles. The van der Waals surface area contributed by atoms with E-state index in [1.54, 1.807) is 6.07 Å². The fourth-order valence-corrected chi connectivity index (χ4v) is 2.87. The summed E-state index contributed by atoms with van der Waals surface area (Å²) >= 11 is 6.15. The van der Waals surface area contributed by atoms with Crippen LogP contribution in [-0.2, 0) is 4.79 Å². The van der Waals surface area contributed by atoms with Crippen LogP contribution in [0.5, 0.6) is 11.6 Å². The van der Waals surface area contributed by atoms with Gasteiger partial charge in [-0.1, -0.05) is 23.7 Å². The highest BCUT2D eigenvalue weighted by Crippen LogP contribution is 2.26. The zero-order valence-electron chi connectivity index (χ0n) is 16.5. The minimum absolute atomic E-state index is 0.0906. The third-order valence-electron chi connectivity index (χ3n) is 4.18. The van der Waals surface area contributed by atoms with Crippen LogP contribution in [-0.4, -0.2) is 29.3 Å². The first-order chi connectivity index (χ1) is 14.0. The van der Waals surface area contributed by atoms with Crippen LogP contribution in [0.1, 0.15) is 18.1 Å². The second-order valence-electron chi connectivity index (χ2n) is 6.48. The van der Waals surface area contributed by atoms with E-state index in [1.807, 2.05) is 63.2 Å². The van der Waals surface area contributed by atoms with Gasteiger partial charge in [0.2, 0.25) is 5.88 Å². The van der Waals surface area contributed by atoms with Crippen molar-refractivity contribution in [2.75, 3.05) is 18.5 Å². The van der Waals surface area contributed by atoms with Crippen LogP contribution in [0.15, 0.2) is 48.5 Å². The van der Waals surface area contributed by atoms with Crippen LogP contribution < -0.4 is 14.8 Å². The number of carbonyl (C=O) groups is 1. The lowest BCUT2D eigenvalue weighted by Crippen LogP contribution is -2.20. The van der Waals surface area contributed by atoms with Crippen molar-refractivity contribution < 1.29 is 14.3 Å². The molecule has 1 aromatic heterocycles. The number of hydrogen-bond acceptors (Lipinski definition) is 5. The zero-order chi connectivity index (χ0) is 20.8. The largest absolute Gasteiger partial charge is 0.484 e. The normalized spacial score (nSPS) is 10.5. The third kappa shape index (κ3) is 5.45. The van der Waals surface area contributed by atoms with Gasteiger partial charge in [-0.05, 0) is 62.2 Å². The lowest BCUT2D eigenvalue weighted by molar-refractivity contribution is -0.118. The van der Waals surface area contributed by atoms with Crippen LogP contribution in [0.3, 0.4) is 0 Å². The molecule has 0 radical (unpaired) electrons. The molecular weight excluding hydrogens is 390 g/mol. The molecule has 0 saturated carbocycles. The summed E-state index contributed by atoms with van der Waals surface area (Å²) in [5, 5.41) is 11.7. The van der Waals surface area contributed by atoms with Crippen LogP contribution >= 0.6 is 11.6 Å². The number of ether oxygens (including phenoxy) is 2. The SMILES string of the molecule is CCOc1ccc(-c2ccc(NC(=O)COc3cc(C)c(Cl)c(C)c3)cc2)nn1. The Morgan fingerprint density at radius 2 is 1.69 bits per heavy atom. The molecule has 0 spiro atoms. The first kappa shape index (κ1) is 20.6. The van der Waals surface area contributed by atoms with E-state index in [-0.39, 0.29) is 12.5 Å². The van der Waals surface area contributed by atoms with Crippen LogP contribution in [0.4, 0.5) is 5.69 Å². The Morgan fingerprint density at radius 3 is 2.28 bits per heavy atom. The van der Waals surface area contributed by atoms with Gasteiger partial charge < -0.3 is 14.8 Å². The van der Waals surface area contributed by atoms with Crippen molar-refractivity contribution in [3.63, 3.8) is 0 Å². The molecule has 0 bridgehead atoms. The second kappa shape index (κ2) is 9.39. The smallest absolute Gasteiger partial charge is 0.262 e. The number of benzene rings is 2. The predicted molar refractivity (Wildman–Crippen MR) is 114 cm³/mol. The van der Waals surface area contributed by atoms with E-state index < -0.39 is 0 Å². The molecule has 3 rings (SSSR count). The number of nitrogens with zero attached hydrogens (tertiary/aromatic N) is 2. The Balaban J connectivity index is 1.57. The molecule has 3 aromatic rings. The number of anilines is 1. The summed E-state index contributed by atoms with van der Waals surface area (Å²) in [6.45, 7) is 6.15. The first-order valence-electron chi connectivity index (χ1n) is 9.22. The number of amides is 1. The molecule has 29 heavy (non-hydrogen) atoms. The topological polar surface area (TPSA) is 73.3 Å². The molecule has 1 heterocycles. The van der Waals surface area contributed by atoms with Crippen LogP contribution in [0.2, 0.25) is 5.02 Å². The molecule has 0 fully saturated rings. The van der Waals surface area contributed by atoms with Crippen molar-refractivity contribution in [1.29, 1.82) is 0 Å². The summed E-state index contributed by atoms with van der Waals surface area (Å²) in [6, 6.07) is 14.6. The van der Waals surface area contributed by atoms with Gasteiger partial charge in [0.25, 0.3) is 5.91 Å². The number of hydrogen-bond donors (Lipinski definition) is 1. The van der Waals surface area contributed by atoms with Gasteiger partial charge in [0, 0.05) is 22.3 Å². The standard InChI is InChI=1S/C22H22ClN3O3/c1-4-28-21-10-9-19(25-26-21)16-5-7-17(8-6-16)24-20(27)13-29-18-11-14(2)22(23)15(3)12-18/h5-12H,4,13H2,1-3H3,(H,24,27). The third-order valence-corrected chi connectivity index (χ3v) is 4.77. The highest BCUT2D eigenvalue weighted by molar-refractivity contribution is 6.32. The first-order valence-corrected chi connectivity index (χ1v) is 9.60. The number of aryl methyl sites for hydroxylation is 2. The van der Waals surface area contributed by atoms with Crippen molar-refractivity contribution in [2.45, 2.75) is 20.8 Å². The van der Waals surface area contributed by atoms with E-state index in [9.17, 15) is 4.79 Å². The Kier molecular flexibility index (Phi) is 6.67. The Hall–Kier alpha value is -3.12. The minimum Gasteiger partial charge on any atom is -0.484 e. The Labute approximate surface area is 174 Å². The van der Waals surface area contributed by atoms with Crippen molar-refractivity contribution >= 4 is 23.2 Å². The molecule has 0 unspecified atom stereocenters. The molecule has 0 aliphatic carbocycles. The fraction of sp³-hybridized carbons (Fsp3) is 0.227. The van der Waals surface area contributed by atoms with Crippen molar-refractivity contribution in [2.24, 2.45) is 0 Å². The van der Waals surface area contributed by atoms with Gasteiger partial charge in [-0.15, -0.1) is 10.2 Å². The molecular formula is C22H22ClN3O3. The van der Waals surface area contributed by atoms with Crippen LogP contribution in [0.25, 0.3) is 11.3 Å². The lowest BCUT2D eigenvalue weighted by atomic mass is 10.1. The van der Waals surface area contributed by atoms with Crippen molar-refractivity contribution in [3.8, 4) is 22.9 Å². The highest BCUT2D eigenvalue weighted by Gasteiger charge is 2.08. The second-order valence-corrected chi connectivity index (χ2v) is 6.85. The molecule has 0 aliphatic heterocycles. The van der Waals surface area contributed by atoms with E-state index in [2.05, 4.69) is 15.5 Å². The van der Waals surface area contributed by atoms with Crippen molar-refractivity contribution in [1.82, 2.24) is 10.2 Å². The summed E-state index contributed by atoms with van der Waals surface area (Å²) in [6.07, 6.45) is 0. The number of rotatable bonds is 7. The average Bonchev–Trinajstić information content (AvgIpc) is 2.72. The maximum Gasteiger partial charge on any atom is 0.262 e. The number of nitrogens with one attached hydrogen (secondary N) is 1. The fourth-order valence-electron chi connectivity index (χ4n) is 2.76. The van der Waals surface area contributed by atoms with Gasteiger partial charge in [-0.2, -0.15) is 0 Å². The molecule has 0 aliphatic rings. The van der Waals surface area contributed by atoms with E-state index in [1.165, 1.54) is 0 Å². The van der Waals surface area contributed by atoms with Gasteiger partial charge in [0.1, 0.15) is 5.75 Å². The number of carbonyl (C=O) groups excluding carboxylic acids is 1. The molecule has 2 aromatic carbocycles. The molecule has 0 atom stereocenters. The molecule has 1 amide bonds. The average molecular weight is 412 g/mol. The minimum atomic E-state index is -0.246. The summed E-state index contributed by atoms with van der Waals surface area (Å²) in [4.78, 5) is 12.2. The van der Waals surface area contributed by atoms with Gasteiger partial charge in [0.15, 0.2) is 6.61 Å². The Morgan fingerprint density at radius 1 is 1.00 bits per heavy atom. The molecule has 1 N–H and O–H groups in total. The van der Waals surface area contributed by atoms with Gasteiger partial charge >= 0.3 is 0 Å². The maximum atomic E-state index is 12.2. The molecule has 150 valence electrons. The zero-order valence-corrected chi connectivity index (χ0v) is 17.3. The van der Waals surface area contributed by atoms with E-state index in [0.717, 1.165) is 22.4 Å². The predicted octanol–water partition coefficient (Wildman–Crippen LogP) is 4.83. The highest BCUT2D eigenvalue weighted by atomic mass is 35.5. The van der Waals surface area contributed by atoms with E-state index in [0.29, 0.717) is 28.9 Å². The maximum absolute atomic E-state index is 12.2. The van der Waals surface area contributed by atoms with E-state index in [4.69, 9.17) is 21.1 Å².